The van der Waals surface area contributed by atoms with E-state index in [4.69, 9.17) is 4.52 Å². The minimum atomic E-state index is 0.139. The first-order valence-electron chi connectivity index (χ1n) is 5.30. The summed E-state index contributed by atoms with van der Waals surface area (Å²) in [6.45, 7) is 4.14. The van der Waals surface area contributed by atoms with E-state index >= 15 is 0 Å². The van der Waals surface area contributed by atoms with Gasteiger partial charge in [0.2, 0.25) is 11.7 Å². The van der Waals surface area contributed by atoms with Crippen LogP contribution in [-0.2, 0) is 0 Å². The molecule has 0 amide bonds. The Balaban J connectivity index is 2.29. The summed E-state index contributed by atoms with van der Waals surface area (Å²) in [4.78, 5) is 4.42. The molecule has 2 aromatic rings. The van der Waals surface area contributed by atoms with E-state index in [0.717, 1.165) is 12.0 Å². The van der Waals surface area contributed by atoms with Gasteiger partial charge in [-0.05, 0) is 31.3 Å². The molecule has 0 spiro atoms. The highest BCUT2D eigenvalue weighted by molar-refractivity contribution is 7.08. The molecule has 1 N–H and O–H groups in total. The quantitative estimate of drug-likeness (QED) is 0.888. The van der Waals surface area contributed by atoms with Crippen molar-refractivity contribution in [3.05, 3.63) is 22.2 Å². The van der Waals surface area contributed by atoms with Crippen molar-refractivity contribution in [1.29, 1.82) is 0 Å². The van der Waals surface area contributed by atoms with Crippen molar-refractivity contribution in [2.24, 2.45) is 0 Å². The van der Waals surface area contributed by atoms with Gasteiger partial charge in [0.15, 0.2) is 0 Å². The zero-order valence-corrected chi connectivity index (χ0v) is 10.5. The number of hydrogen-bond acceptors (Lipinski definition) is 5. The molecule has 0 aliphatic rings. The molecular formula is C11H15N3OS. The summed E-state index contributed by atoms with van der Waals surface area (Å²) < 4.78 is 5.27. The molecule has 0 aliphatic heterocycles. The van der Waals surface area contributed by atoms with Gasteiger partial charge < -0.3 is 9.84 Å². The zero-order valence-electron chi connectivity index (χ0n) is 9.65. The standard InChI is InChI=1S/C11H15N3OS/c1-4-9(12-3)11-13-10(14-15-11)8-6-16-5-7(8)2/h5-6,9,12H,4H2,1-3H3. The lowest BCUT2D eigenvalue weighted by molar-refractivity contribution is 0.334. The number of hydrogen-bond donors (Lipinski definition) is 1. The van der Waals surface area contributed by atoms with Crippen molar-refractivity contribution in [3.63, 3.8) is 0 Å². The molecule has 16 heavy (non-hydrogen) atoms. The fourth-order valence-electron chi connectivity index (χ4n) is 1.58. The van der Waals surface area contributed by atoms with Gasteiger partial charge in [-0.3, -0.25) is 0 Å². The molecule has 0 fully saturated rings. The minimum absolute atomic E-state index is 0.139. The van der Waals surface area contributed by atoms with Crippen molar-refractivity contribution < 1.29 is 4.52 Å². The van der Waals surface area contributed by atoms with Crippen molar-refractivity contribution in [2.45, 2.75) is 26.3 Å². The van der Waals surface area contributed by atoms with E-state index in [0.29, 0.717) is 11.7 Å². The van der Waals surface area contributed by atoms with Crippen LogP contribution in [0.2, 0.25) is 0 Å². The molecule has 2 aromatic heterocycles. The molecule has 4 nitrogen and oxygen atoms in total. The second kappa shape index (κ2) is 4.76. The Morgan fingerprint density at radius 3 is 2.88 bits per heavy atom. The van der Waals surface area contributed by atoms with Gasteiger partial charge in [-0.1, -0.05) is 12.1 Å². The molecule has 0 saturated carbocycles. The summed E-state index contributed by atoms with van der Waals surface area (Å²) in [5.74, 6) is 1.34. The highest BCUT2D eigenvalue weighted by Crippen LogP contribution is 2.25. The Morgan fingerprint density at radius 1 is 1.50 bits per heavy atom. The van der Waals surface area contributed by atoms with Crippen LogP contribution in [0.1, 0.15) is 30.8 Å². The van der Waals surface area contributed by atoms with E-state index in [1.54, 1.807) is 11.3 Å². The molecule has 2 rings (SSSR count). The summed E-state index contributed by atoms with van der Waals surface area (Å²) in [6, 6.07) is 0.139. The van der Waals surface area contributed by atoms with Crippen LogP contribution in [0, 0.1) is 6.92 Å². The lowest BCUT2D eigenvalue weighted by atomic mass is 10.2. The van der Waals surface area contributed by atoms with Crippen LogP contribution < -0.4 is 5.32 Å². The summed E-state index contributed by atoms with van der Waals surface area (Å²) in [7, 11) is 1.90. The van der Waals surface area contributed by atoms with Gasteiger partial charge >= 0.3 is 0 Å². The average molecular weight is 237 g/mol. The fraction of sp³-hybridized carbons (Fsp3) is 0.455. The van der Waals surface area contributed by atoms with E-state index in [-0.39, 0.29) is 6.04 Å². The predicted molar refractivity (Wildman–Crippen MR) is 64.4 cm³/mol. The maximum Gasteiger partial charge on any atom is 0.244 e. The van der Waals surface area contributed by atoms with Gasteiger partial charge in [0.05, 0.1) is 6.04 Å². The number of nitrogens with zero attached hydrogens (tertiary/aromatic N) is 2. The molecule has 0 aliphatic carbocycles. The van der Waals surface area contributed by atoms with Crippen molar-refractivity contribution >= 4 is 11.3 Å². The SMILES string of the molecule is CCC(NC)c1nc(-c2cscc2C)no1. The van der Waals surface area contributed by atoms with E-state index in [2.05, 4.69) is 34.7 Å². The van der Waals surface area contributed by atoms with Crippen LogP contribution in [0.3, 0.4) is 0 Å². The van der Waals surface area contributed by atoms with Crippen LogP contribution in [0.25, 0.3) is 11.4 Å². The van der Waals surface area contributed by atoms with E-state index < -0.39 is 0 Å². The van der Waals surface area contributed by atoms with Crippen LogP contribution in [0.15, 0.2) is 15.3 Å². The lowest BCUT2D eigenvalue weighted by Crippen LogP contribution is -2.15. The smallest absolute Gasteiger partial charge is 0.244 e. The van der Waals surface area contributed by atoms with Gasteiger partial charge in [-0.15, -0.1) is 0 Å². The highest BCUT2D eigenvalue weighted by atomic mass is 32.1. The maximum atomic E-state index is 5.27. The van der Waals surface area contributed by atoms with Gasteiger partial charge in [-0.25, -0.2) is 0 Å². The molecule has 0 radical (unpaired) electrons. The lowest BCUT2D eigenvalue weighted by Gasteiger charge is -2.06. The zero-order chi connectivity index (χ0) is 11.5. The molecular weight excluding hydrogens is 222 g/mol. The molecule has 0 aromatic carbocycles. The van der Waals surface area contributed by atoms with Gasteiger partial charge in [0.1, 0.15) is 0 Å². The summed E-state index contributed by atoms with van der Waals surface area (Å²) in [5, 5.41) is 11.3. The number of aryl methyl sites for hydroxylation is 1. The second-order valence-electron chi connectivity index (χ2n) is 3.67. The Kier molecular flexibility index (Phi) is 3.36. The van der Waals surface area contributed by atoms with E-state index in [9.17, 15) is 0 Å². The Morgan fingerprint density at radius 2 is 2.31 bits per heavy atom. The predicted octanol–water partition coefficient (Wildman–Crippen LogP) is 2.78. The second-order valence-corrected chi connectivity index (χ2v) is 4.42. The van der Waals surface area contributed by atoms with Gasteiger partial charge in [0.25, 0.3) is 0 Å². The maximum absolute atomic E-state index is 5.27. The van der Waals surface area contributed by atoms with Crippen LogP contribution in [0.4, 0.5) is 0 Å². The van der Waals surface area contributed by atoms with Gasteiger partial charge in [-0.2, -0.15) is 16.3 Å². The first-order chi connectivity index (χ1) is 7.76. The van der Waals surface area contributed by atoms with E-state index in [1.165, 1.54) is 5.56 Å². The molecule has 0 saturated heterocycles. The average Bonchev–Trinajstić information content (AvgIpc) is 2.89. The van der Waals surface area contributed by atoms with Crippen molar-refractivity contribution in [3.8, 4) is 11.4 Å². The monoisotopic (exact) mass is 237 g/mol. The molecule has 86 valence electrons. The van der Waals surface area contributed by atoms with Gasteiger partial charge in [0, 0.05) is 10.9 Å². The minimum Gasteiger partial charge on any atom is -0.337 e. The Bertz CT molecular complexity index is 459. The van der Waals surface area contributed by atoms with Crippen LogP contribution in [0.5, 0.6) is 0 Å². The summed E-state index contributed by atoms with van der Waals surface area (Å²) in [5.41, 5.74) is 2.25. The first kappa shape index (κ1) is 11.3. The van der Waals surface area contributed by atoms with Crippen LogP contribution >= 0.6 is 11.3 Å². The van der Waals surface area contributed by atoms with E-state index in [1.807, 2.05) is 12.4 Å². The third kappa shape index (κ3) is 2.01. The molecule has 1 unspecified atom stereocenters. The normalized spacial score (nSPS) is 12.9. The first-order valence-corrected chi connectivity index (χ1v) is 6.24. The number of rotatable bonds is 4. The molecule has 5 heteroatoms. The summed E-state index contributed by atoms with van der Waals surface area (Å²) >= 11 is 1.65. The van der Waals surface area contributed by atoms with Crippen LogP contribution in [-0.4, -0.2) is 17.2 Å². The highest BCUT2D eigenvalue weighted by Gasteiger charge is 2.17. The number of thiophene rings is 1. The largest absolute Gasteiger partial charge is 0.337 e. The fourth-order valence-corrected chi connectivity index (χ4v) is 2.40. The third-order valence-corrected chi connectivity index (χ3v) is 3.45. The Labute approximate surface area is 98.7 Å². The molecule has 0 bridgehead atoms. The summed E-state index contributed by atoms with van der Waals surface area (Å²) in [6.07, 6.45) is 0.931. The molecule has 2 heterocycles. The van der Waals surface area contributed by atoms with Crippen molar-refractivity contribution in [2.75, 3.05) is 7.05 Å². The van der Waals surface area contributed by atoms with Crippen molar-refractivity contribution in [1.82, 2.24) is 15.5 Å². The molecule has 1 atom stereocenters. The third-order valence-electron chi connectivity index (χ3n) is 2.59. The number of aromatic nitrogens is 2. The topological polar surface area (TPSA) is 51.0 Å². The Hall–Kier alpha value is -1.20. The number of nitrogens with one attached hydrogen (secondary N) is 1.